The van der Waals surface area contributed by atoms with Crippen LogP contribution in [-0.4, -0.2) is 34.8 Å². The van der Waals surface area contributed by atoms with E-state index in [2.05, 4.69) is 10.3 Å². The van der Waals surface area contributed by atoms with Crippen LogP contribution in [0.25, 0.3) is 10.6 Å². The van der Waals surface area contributed by atoms with Gasteiger partial charge in [0.05, 0.1) is 34.9 Å². The average Bonchev–Trinajstić information content (AvgIpc) is 3.20. The standard InChI is InChI=1S/C22H19ClF3N3O2S/c1-2-29(12-19(30)28-18-10-6-4-8-16(18)22(24,25)26)20(31)11-14-13-32-21(27-14)15-7-3-5-9-17(15)23/h3-10,13H,2,11-12H2,1H3,(H,28,30). The molecular formula is C22H19ClF3N3O2S. The van der Waals surface area contributed by atoms with Crippen molar-refractivity contribution in [1.29, 1.82) is 0 Å². The van der Waals surface area contributed by atoms with Crippen molar-refractivity contribution < 1.29 is 22.8 Å². The maximum Gasteiger partial charge on any atom is 0.418 e. The van der Waals surface area contributed by atoms with Crippen LogP contribution in [0.4, 0.5) is 18.9 Å². The van der Waals surface area contributed by atoms with E-state index in [1.54, 1.807) is 24.4 Å². The van der Waals surface area contributed by atoms with Gasteiger partial charge in [-0.1, -0.05) is 41.9 Å². The van der Waals surface area contributed by atoms with Crippen molar-refractivity contribution in [3.05, 3.63) is 70.2 Å². The summed E-state index contributed by atoms with van der Waals surface area (Å²) in [6.07, 6.45) is -4.64. The molecule has 5 nitrogen and oxygen atoms in total. The molecule has 0 saturated carbocycles. The molecule has 32 heavy (non-hydrogen) atoms. The zero-order valence-corrected chi connectivity index (χ0v) is 18.5. The van der Waals surface area contributed by atoms with E-state index in [9.17, 15) is 22.8 Å². The molecule has 0 radical (unpaired) electrons. The quantitative estimate of drug-likeness (QED) is 0.484. The van der Waals surface area contributed by atoms with Crippen LogP contribution in [0.15, 0.2) is 53.9 Å². The van der Waals surface area contributed by atoms with Gasteiger partial charge in [0.1, 0.15) is 5.01 Å². The zero-order valence-electron chi connectivity index (χ0n) is 16.9. The lowest BCUT2D eigenvalue weighted by Gasteiger charge is -2.21. The van der Waals surface area contributed by atoms with Gasteiger partial charge in [0, 0.05) is 17.5 Å². The summed E-state index contributed by atoms with van der Waals surface area (Å²) in [6, 6.07) is 11.9. The normalized spacial score (nSPS) is 11.3. The second-order valence-electron chi connectivity index (χ2n) is 6.80. The first-order valence-corrected chi connectivity index (χ1v) is 10.9. The molecule has 0 aliphatic rings. The molecule has 0 bridgehead atoms. The van der Waals surface area contributed by atoms with Gasteiger partial charge in [-0.25, -0.2) is 4.98 Å². The number of carbonyl (C=O) groups is 2. The van der Waals surface area contributed by atoms with Crippen LogP contribution < -0.4 is 5.32 Å². The molecule has 1 aromatic heterocycles. The number of hydrogen-bond acceptors (Lipinski definition) is 4. The van der Waals surface area contributed by atoms with Gasteiger partial charge < -0.3 is 10.2 Å². The molecule has 2 aromatic carbocycles. The highest BCUT2D eigenvalue weighted by atomic mass is 35.5. The summed E-state index contributed by atoms with van der Waals surface area (Å²) >= 11 is 7.53. The van der Waals surface area contributed by atoms with Gasteiger partial charge >= 0.3 is 6.18 Å². The van der Waals surface area contributed by atoms with Crippen molar-refractivity contribution in [1.82, 2.24) is 9.88 Å². The first-order valence-electron chi connectivity index (χ1n) is 9.62. The van der Waals surface area contributed by atoms with Crippen molar-refractivity contribution in [3.8, 4) is 10.6 Å². The topological polar surface area (TPSA) is 62.3 Å². The van der Waals surface area contributed by atoms with Gasteiger partial charge in [0.15, 0.2) is 0 Å². The number of para-hydroxylation sites is 1. The van der Waals surface area contributed by atoms with Crippen molar-refractivity contribution in [2.45, 2.75) is 19.5 Å². The van der Waals surface area contributed by atoms with E-state index < -0.39 is 17.6 Å². The van der Waals surface area contributed by atoms with Crippen LogP contribution in [0.1, 0.15) is 18.2 Å². The molecule has 0 saturated heterocycles. The predicted molar refractivity (Wildman–Crippen MR) is 119 cm³/mol. The minimum Gasteiger partial charge on any atom is -0.333 e. The molecule has 0 unspecified atom stereocenters. The van der Waals surface area contributed by atoms with Gasteiger partial charge in [0.2, 0.25) is 11.8 Å². The molecule has 1 N–H and O–H groups in total. The van der Waals surface area contributed by atoms with E-state index in [1.807, 2.05) is 12.1 Å². The number of nitrogens with zero attached hydrogens (tertiary/aromatic N) is 2. The summed E-state index contributed by atoms with van der Waals surface area (Å²) in [5.41, 5.74) is -0.0150. The van der Waals surface area contributed by atoms with Crippen molar-refractivity contribution in [2.75, 3.05) is 18.4 Å². The number of nitrogens with one attached hydrogen (secondary N) is 1. The van der Waals surface area contributed by atoms with Crippen LogP contribution in [0, 0.1) is 0 Å². The molecule has 1 heterocycles. The van der Waals surface area contributed by atoms with Crippen LogP contribution in [0.2, 0.25) is 5.02 Å². The summed E-state index contributed by atoms with van der Waals surface area (Å²) in [7, 11) is 0. The summed E-state index contributed by atoms with van der Waals surface area (Å²) in [6.45, 7) is 1.53. The Morgan fingerprint density at radius 1 is 1.12 bits per heavy atom. The molecule has 168 valence electrons. The summed E-state index contributed by atoms with van der Waals surface area (Å²) < 4.78 is 39.4. The average molecular weight is 482 g/mol. The fourth-order valence-corrected chi connectivity index (χ4v) is 4.13. The number of rotatable bonds is 7. The zero-order chi connectivity index (χ0) is 23.3. The maximum absolute atomic E-state index is 13.1. The van der Waals surface area contributed by atoms with Crippen LogP contribution in [-0.2, 0) is 22.2 Å². The molecule has 0 fully saturated rings. The third kappa shape index (κ3) is 5.86. The van der Waals surface area contributed by atoms with Crippen LogP contribution in [0.3, 0.4) is 0 Å². The lowest BCUT2D eigenvalue weighted by Crippen LogP contribution is -2.39. The molecule has 0 aliphatic carbocycles. The molecule has 2 amide bonds. The number of aromatic nitrogens is 1. The van der Waals surface area contributed by atoms with Crippen LogP contribution >= 0.6 is 22.9 Å². The van der Waals surface area contributed by atoms with Crippen molar-refractivity contribution in [2.24, 2.45) is 0 Å². The Morgan fingerprint density at radius 3 is 2.50 bits per heavy atom. The van der Waals surface area contributed by atoms with Gasteiger partial charge in [-0.3, -0.25) is 9.59 Å². The number of carbonyl (C=O) groups excluding carboxylic acids is 2. The highest BCUT2D eigenvalue weighted by Gasteiger charge is 2.33. The summed E-state index contributed by atoms with van der Waals surface area (Å²) in [4.78, 5) is 30.7. The Bertz CT molecular complexity index is 1120. The molecule has 10 heteroatoms. The lowest BCUT2D eigenvalue weighted by molar-refractivity contribution is -0.137. The number of hydrogen-bond donors (Lipinski definition) is 1. The molecule has 0 spiro atoms. The number of likely N-dealkylation sites (N-methyl/N-ethyl adjacent to an activating group) is 1. The number of alkyl halides is 3. The fraction of sp³-hybridized carbons (Fsp3) is 0.227. The largest absolute Gasteiger partial charge is 0.418 e. The minimum absolute atomic E-state index is 0.0405. The third-order valence-electron chi connectivity index (χ3n) is 4.56. The molecule has 3 aromatic rings. The third-order valence-corrected chi connectivity index (χ3v) is 5.82. The second kappa shape index (κ2) is 10.1. The smallest absolute Gasteiger partial charge is 0.333 e. The van der Waals surface area contributed by atoms with Gasteiger partial charge in [-0.15, -0.1) is 11.3 Å². The maximum atomic E-state index is 13.1. The predicted octanol–water partition coefficient (Wildman–Crippen LogP) is 5.51. The van der Waals surface area contributed by atoms with Gasteiger partial charge in [-0.2, -0.15) is 13.2 Å². The Labute approximate surface area is 191 Å². The molecular weight excluding hydrogens is 463 g/mol. The number of anilines is 1. The second-order valence-corrected chi connectivity index (χ2v) is 8.07. The van der Waals surface area contributed by atoms with Gasteiger partial charge in [-0.05, 0) is 25.1 Å². The fourth-order valence-electron chi connectivity index (χ4n) is 2.99. The number of amides is 2. The molecule has 3 rings (SSSR count). The summed E-state index contributed by atoms with van der Waals surface area (Å²) in [5.74, 6) is -1.07. The lowest BCUT2D eigenvalue weighted by atomic mass is 10.1. The Balaban J connectivity index is 1.65. The van der Waals surface area contributed by atoms with E-state index in [0.717, 1.165) is 11.6 Å². The van der Waals surface area contributed by atoms with Crippen LogP contribution in [0.5, 0.6) is 0 Å². The van der Waals surface area contributed by atoms with Crippen molar-refractivity contribution >= 4 is 40.4 Å². The minimum atomic E-state index is -4.60. The molecule has 0 atom stereocenters. The Hall–Kier alpha value is -2.91. The van der Waals surface area contributed by atoms with E-state index in [4.69, 9.17) is 11.6 Å². The van der Waals surface area contributed by atoms with E-state index in [-0.39, 0.29) is 31.1 Å². The first kappa shape index (κ1) is 23.7. The first-order chi connectivity index (χ1) is 15.2. The van der Waals surface area contributed by atoms with Gasteiger partial charge in [0.25, 0.3) is 0 Å². The number of halogens is 4. The Kier molecular flexibility index (Phi) is 7.52. The van der Waals surface area contributed by atoms with E-state index >= 15 is 0 Å². The highest BCUT2D eigenvalue weighted by Crippen LogP contribution is 2.34. The molecule has 0 aliphatic heterocycles. The Morgan fingerprint density at radius 2 is 1.81 bits per heavy atom. The van der Waals surface area contributed by atoms with E-state index in [0.29, 0.717) is 15.7 Å². The summed E-state index contributed by atoms with van der Waals surface area (Å²) in [5, 5.41) is 5.21. The monoisotopic (exact) mass is 481 g/mol. The number of benzene rings is 2. The van der Waals surface area contributed by atoms with E-state index in [1.165, 1.54) is 34.4 Å². The SMILES string of the molecule is CCN(CC(=O)Nc1ccccc1C(F)(F)F)C(=O)Cc1csc(-c2ccccc2Cl)n1. The van der Waals surface area contributed by atoms with Crippen molar-refractivity contribution in [3.63, 3.8) is 0 Å². The number of thiazole rings is 1. The highest BCUT2D eigenvalue weighted by molar-refractivity contribution is 7.13.